The van der Waals surface area contributed by atoms with Crippen LogP contribution in [-0.4, -0.2) is 44.6 Å². The number of ether oxygens (including phenoxy) is 1. The first-order chi connectivity index (χ1) is 13.1. The number of aryl methyl sites for hydroxylation is 1. The molecule has 1 N–H and O–H groups in total. The maximum Gasteiger partial charge on any atom is 0.223 e. The molecular formula is C21H34N2O4S. The fourth-order valence-corrected chi connectivity index (χ4v) is 4.93. The molecule has 2 rings (SSSR count). The number of piperidine rings is 1. The van der Waals surface area contributed by atoms with Crippen molar-refractivity contribution >= 4 is 15.9 Å². The SMILES string of the molecule is CCS(=O)(=O)N1CCC(C(=O)N[C@@H](C)c2cc(C(C)C)c(OC)cc2C)CC1. The quantitative estimate of drug-likeness (QED) is 0.748. The first-order valence-electron chi connectivity index (χ1n) is 10.1. The molecule has 7 heteroatoms. The number of carbonyl (C=O) groups is 1. The van der Waals surface area contributed by atoms with Crippen LogP contribution in [0.2, 0.25) is 0 Å². The van der Waals surface area contributed by atoms with Gasteiger partial charge in [-0.15, -0.1) is 0 Å². The van der Waals surface area contributed by atoms with E-state index in [0.29, 0.717) is 31.8 Å². The summed E-state index contributed by atoms with van der Waals surface area (Å²) in [6.45, 7) is 10.8. The zero-order valence-corrected chi connectivity index (χ0v) is 18.7. The van der Waals surface area contributed by atoms with Crippen LogP contribution in [0.4, 0.5) is 0 Å². The van der Waals surface area contributed by atoms with Gasteiger partial charge >= 0.3 is 0 Å². The highest BCUT2D eigenvalue weighted by atomic mass is 32.2. The van der Waals surface area contributed by atoms with Crippen LogP contribution in [0.1, 0.15) is 69.2 Å². The van der Waals surface area contributed by atoms with Gasteiger partial charge in [-0.05, 0) is 68.4 Å². The Morgan fingerprint density at radius 2 is 1.82 bits per heavy atom. The molecule has 1 atom stereocenters. The number of nitrogens with zero attached hydrogens (tertiary/aromatic N) is 1. The molecule has 0 spiro atoms. The molecule has 0 bridgehead atoms. The van der Waals surface area contributed by atoms with Gasteiger partial charge in [0.2, 0.25) is 15.9 Å². The molecule has 0 saturated carbocycles. The van der Waals surface area contributed by atoms with E-state index in [9.17, 15) is 13.2 Å². The molecule has 1 aromatic carbocycles. The van der Waals surface area contributed by atoms with E-state index in [1.807, 2.05) is 19.9 Å². The number of hydrogen-bond acceptors (Lipinski definition) is 4. The van der Waals surface area contributed by atoms with E-state index in [0.717, 1.165) is 22.4 Å². The van der Waals surface area contributed by atoms with Gasteiger partial charge in [-0.2, -0.15) is 0 Å². The zero-order valence-electron chi connectivity index (χ0n) is 17.9. The molecule has 158 valence electrons. The first-order valence-corrected chi connectivity index (χ1v) is 11.7. The molecule has 1 saturated heterocycles. The van der Waals surface area contributed by atoms with Gasteiger partial charge in [0.25, 0.3) is 0 Å². The summed E-state index contributed by atoms with van der Waals surface area (Å²) in [5, 5.41) is 3.13. The fourth-order valence-electron chi connectivity index (χ4n) is 3.80. The van der Waals surface area contributed by atoms with E-state index >= 15 is 0 Å². The van der Waals surface area contributed by atoms with Gasteiger partial charge in [0, 0.05) is 19.0 Å². The van der Waals surface area contributed by atoms with Gasteiger partial charge in [-0.25, -0.2) is 12.7 Å². The minimum Gasteiger partial charge on any atom is -0.496 e. The van der Waals surface area contributed by atoms with Crippen molar-refractivity contribution in [3.8, 4) is 5.75 Å². The number of rotatable bonds is 7. The predicted molar refractivity (Wildman–Crippen MR) is 112 cm³/mol. The number of benzene rings is 1. The van der Waals surface area contributed by atoms with Crippen molar-refractivity contribution in [3.63, 3.8) is 0 Å². The lowest BCUT2D eigenvalue weighted by Crippen LogP contribution is -2.43. The number of methoxy groups -OCH3 is 1. The predicted octanol–water partition coefficient (Wildman–Crippen LogP) is 3.37. The minimum absolute atomic E-state index is 0.00219. The molecule has 1 aliphatic rings. The average molecular weight is 411 g/mol. The normalized spacial score (nSPS) is 17.5. The third-order valence-electron chi connectivity index (χ3n) is 5.65. The summed E-state index contributed by atoms with van der Waals surface area (Å²) in [4.78, 5) is 12.8. The van der Waals surface area contributed by atoms with E-state index in [1.165, 1.54) is 4.31 Å². The lowest BCUT2D eigenvalue weighted by atomic mass is 9.92. The van der Waals surface area contributed by atoms with Gasteiger partial charge in [-0.3, -0.25) is 4.79 Å². The summed E-state index contributed by atoms with van der Waals surface area (Å²) in [5.74, 6) is 1.16. The first kappa shape index (κ1) is 22.7. The number of hydrogen-bond donors (Lipinski definition) is 1. The van der Waals surface area contributed by atoms with Crippen LogP contribution in [0.15, 0.2) is 12.1 Å². The Kier molecular flexibility index (Phi) is 7.51. The molecule has 28 heavy (non-hydrogen) atoms. The van der Waals surface area contributed by atoms with Crippen molar-refractivity contribution in [2.45, 2.75) is 59.4 Å². The van der Waals surface area contributed by atoms with Gasteiger partial charge in [0.1, 0.15) is 5.75 Å². The maximum absolute atomic E-state index is 12.8. The lowest BCUT2D eigenvalue weighted by Gasteiger charge is -2.31. The van der Waals surface area contributed by atoms with E-state index in [2.05, 4.69) is 25.2 Å². The highest BCUT2D eigenvalue weighted by Gasteiger charge is 2.30. The molecule has 0 unspecified atom stereocenters. The fraction of sp³-hybridized carbons (Fsp3) is 0.667. The van der Waals surface area contributed by atoms with Crippen molar-refractivity contribution in [1.29, 1.82) is 0 Å². The highest BCUT2D eigenvalue weighted by molar-refractivity contribution is 7.89. The van der Waals surface area contributed by atoms with Crippen molar-refractivity contribution in [2.75, 3.05) is 26.0 Å². The summed E-state index contributed by atoms with van der Waals surface area (Å²) >= 11 is 0. The smallest absolute Gasteiger partial charge is 0.223 e. The van der Waals surface area contributed by atoms with E-state index in [1.54, 1.807) is 14.0 Å². The Balaban J connectivity index is 2.06. The van der Waals surface area contributed by atoms with Crippen LogP contribution in [0.5, 0.6) is 5.75 Å². The zero-order chi connectivity index (χ0) is 21.1. The highest BCUT2D eigenvalue weighted by Crippen LogP contribution is 2.32. The second-order valence-electron chi connectivity index (χ2n) is 7.91. The molecule has 1 fully saturated rings. The molecule has 1 aromatic rings. The topological polar surface area (TPSA) is 75.7 Å². The standard InChI is InChI=1S/C21H34N2O4S/c1-7-28(25,26)23-10-8-17(9-11-23)21(24)22-16(5)19-13-18(14(2)3)20(27-6)12-15(19)4/h12-14,16-17H,7-11H2,1-6H3,(H,22,24)/t16-/m0/s1. The van der Waals surface area contributed by atoms with Crippen LogP contribution in [-0.2, 0) is 14.8 Å². The number of amides is 1. The maximum atomic E-state index is 12.8. The van der Waals surface area contributed by atoms with Crippen LogP contribution < -0.4 is 10.1 Å². The van der Waals surface area contributed by atoms with Crippen molar-refractivity contribution in [1.82, 2.24) is 9.62 Å². The summed E-state index contributed by atoms with van der Waals surface area (Å²) in [7, 11) is -1.49. The number of carbonyl (C=O) groups excluding carboxylic acids is 1. The molecule has 0 aromatic heterocycles. The summed E-state index contributed by atoms with van der Waals surface area (Å²) in [6.07, 6.45) is 1.13. The van der Waals surface area contributed by atoms with Crippen LogP contribution in [0.3, 0.4) is 0 Å². The van der Waals surface area contributed by atoms with E-state index in [-0.39, 0.29) is 23.6 Å². The van der Waals surface area contributed by atoms with Gasteiger partial charge in [0.05, 0.1) is 18.9 Å². The molecular weight excluding hydrogens is 376 g/mol. The Labute approximate surface area is 169 Å². The Hall–Kier alpha value is -1.60. The summed E-state index contributed by atoms with van der Waals surface area (Å²) in [5.41, 5.74) is 3.30. The molecule has 0 radical (unpaired) electrons. The lowest BCUT2D eigenvalue weighted by molar-refractivity contribution is -0.126. The number of nitrogens with one attached hydrogen (secondary N) is 1. The Morgan fingerprint density at radius 3 is 2.32 bits per heavy atom. The van der Waals surface area contributed by atoms with Gasteiger partial charge in [-0.1, -0.05) is 13.8 Å². The second-order valence-corrected chi connectivity index (χ2v) is 10.2. The molecule has 0 aliphatic carbocycles. The van der Waals surface area contributed by atoms with E-state index < -0.39 is 10.0 Å². The summed E-state index contributed by atoms with van der Waals surface area (Å²) in [6, 6.07) is 4.04. The second kappa shape index (κ2) is 9.27. The van der Waals surface area contributed by atoms with Crippen LogP contribution >= 0.6 is 0 Å². The van der Waals surface area contributed by atoms with Crippen molar-refractivity contribution < 1.29 is 17.9 Å². The molecule has 1 amide bonds. The summed E-state index contributed by atoms with van der Waals surface area (Å²) < 4.78 is 31.0. The Morgan fingerprint density at radius 1 is 1.21 bits per heavy atom. The average Bonchev–Trinajstić information content (AvgIpc) is 2.67. The molecule has 6 nitrogen and oxygen atoms in total. The van der Waals surface area contributed by atoms with Crippen LogP contribution in [0, 0.1) is 12.8 Å². The molecule has 1 heterocycles. The Bertz CT molecular complexity index is 797. The van der Waals surface area contributed by atoms with E-state index in [4.69, 9.17) is 4.74 Å². The monoisotopic (exact) mass is 410 g/mol. The van der Waals surface area contributed by atoms with Gasteiger partial charge < -0.3 is 10.1 Å². The van der Waals surface area contributed by atoms with Gasteiger partial charge in [0.15, 0.2) is 0 Å². The largest absolute Gasteiger partial charge is 0.496 e. The van der Waals surface area contributed by atoms with Crippen molar-refractivity contribution in [2.24, 2.45) is 5.92 Å². The minimum atomic E-state index is -3.17. The van der Waals surface area contributed by atoms with Crippen molar-refractivity contribution in [3.05, 3.63) is 28.8 Å². The third kappa shape index (κ3) is 5.06. The molecule has 1 aliphatic heterocycles. The van der Waals surface area contributed by atoms with Crippen LogP contribution in [0.25, 0.3) is 0 Å². The third-order valence-corrected chi connectivity index (χ3v) is 7.53. The number of sulfonamides is 1.